The summed E-state index contributed by atoms with van der Waals surface area (Å²) in [5.74, 6) is 0. The van der Waals surface area contributed by atoms with E-state index >= 15 is 0 Å². The fraction of sp³-hybridized carbons (Fsp3) is 0.571. The van der Waals surface area contributed by atoms with Gasteiger partial charge in [-0.2, -0.15) is 0 Å². The molecule has 0 aliphatic rings. The maximum atomic E-state index is 12.4. The van der Waals surface area contributed by atoms with Crippen LogP contribution in [-0.2, 0) is 16.6 Å². The van der Waals surface area contributed by atoms with Crippen molar-refractivity contribution < 1.29 is 8.42 Å². The highest BCUT2D eigenvalue weighted by Crippen LogP contribution is 2.25. The lowest BCUT2D eigenvalue weighted by Gasteiger charge is -2.23. The fourth-order valence-electron chi connectivity index (χ4n) is 1.56. The second-order valence-electron chi connectivity index (χ2n) is 5.64. The van der Waals surface area contributed by atoms with E-state index in [2.05, 4.69) is 32.9 Å². The molecule has 1 aromatic rings. The Labute approximate surface area is 130 Å². The topological polar surface area (TPSA) is 58.2 Å². The molecule has 0 aromatic heterocycles. The number of hydrogen-bond acceptors (Lipinski definition) is 3. The molecule has 0 spiro atoms. The summed E-state index contributed by atoms with van der Waals surface area (Å²) < 4.78 is 28.1. The maximum Gasteiger partial charge on any atom is 0.241 e. The second kappa shape index (κ2) is 7.02. The summed E-state index contributed by atoms with van der Waals surface area (Å²) in [5, 5.41) is 3.02. The molecule has 0 saturated heterocycles. The first kappa shape index (κ1) is 17.6. The lowest BCUT2D eigenvalue weighted by atomic mass is 9.91. The maximum absolute atomic E-state index is 12.4. The third-order valence-electron chi connectivity index (χ3n) is 3.36. The van der Waals surface area contributed by atoms with Crippen LogP contribution in [0.3, 0.4) is 0 Å². The van der Waals surface area contributed by atoms with Crippen molar-refractivity contribution in [2.45, 2.75) is 38.6 Å². The molecule has 0 aliphatic carbocycles. The van der Waals surface area contributed by atoms with Gasteiger partial charge in [0.2, 0.25) is 10.0 Å². The van der Waals surface area contributed by atoms with Crippen LogP contribution in [0.2, 0.25) is 0 Å². The van der Waals surface area contributed by atoms with Crippen molar-refractivity contribution in [1.82, 2.24) is 10.0 Å². The van der Waals surface area contributed by atoms with Crippen LogP contribution < -0.4 is 10.0 Å². The van der Waals surface area contributed by atoms with Gasteiger partial charge in [-0.25, -0.2) is 13.1 Å². The minimum atomic E-state index is -3.50. The molecule has 1 rings (SSSR count). The van der Waals surface area contributed by atoms with Crippen LogP contribution in [0.4, 0.5) is 0 Å². The molecule has 0 bridgehead atoms. The lowest BCUT2D eigenvalue weighted by Crippen LogP contribution is -2.33. The summed E-state index contributed by atoms with van der Waals surface area (Å²) in [6.45, 7) is 7.20. The Morgan fingerprint density at radius 3 is 2.50 bits per heavy atom. The Morgan fingerprint density at radius 1 is 1.30 bits per heavy atom. The first-order valence-electron chi connectivity index (χ1n) is 6.64. The standard InChI is InChI=1S/C14H23BrN2O2S/c1-5-14(2,3)10-17-20(18,19)13-8-11(9-16-4)6-7-12(13)15/h6-8,16-17H,5,9-10H2,1-4H3. The van der Waals surface area contributed by atoms with Crippen molar-refractivity contribution in [2.75, 3.05) is 13.6 Å². The Bertz CT molecular complexity index is 556. The molecule has 6 heteroatoms. The Hall–Kier alpha value is -0.430. The largest absolute Gasteiger partial charge is 0.316 e. The summed E-state index contributed by atoms with van der Waals surface area (Å²) in [4.78, 5) is 0.289. The van der Waals surface area contributed by atoms with Gasteiger partial charge in [-0.15, -0.1) is 0 Å². The summed E-state index contributed by atoms with van der Waals surface area (Å²) >= 11 is 3.32. The van der Waals surface area contributed by atoms with E-state index in [0.29, 0.717) is 17.6 Å². The van der Waals surface area contributed by atoms with E-state index in [9.17, 15) is 8.42 Å². The number of halogens is 1. The molecule has 2 N–H and O–H groups in total. The van der Waals surface area contributed by atoms with Gasteiger partial charge >= 0.3 is 0 Å². The number of benzene rings is 1. The molecule has 0 aliphatic heterocycles. The molecule has 0 saturated carbocycles. The molecule has 0 amide bonds. The van der Waals surface area contributed by atoms with E-state index < -0.39 is 10.0 Å². The third kappa shape index (κ3) is 4.84. The van der Waals surface area contributed by atoms with E-state index in [0.717, 1.165) is 12.0 Å². The molecule has 0 fully saturated rings. The van der Waals surface area contributed by atoms with Crippen LogP contribution in [0.25, 0.3) is 0 Å². The molecule has 0 radical (unpaired) electrons. The van der Waals surface area contributed by atoms with Crippen LogP contribution in [0.15, 0.2) is 27.6 Å². The zero-order valence-corrected chi connectivity index (χ0v) is 14.9. The highest BCUT2D eigenvalue weighted by molar-refractivity contribution is 9.10. The van der Waals surface area contributed by atoms with Gasteiger partial charge in [-0.3, -0.25) is 0 Å². The molecule has 1 aromatic carbocycles. The molecule has 0 atom stereocenters. The summed E-state index contributed by atoms with van der Waals surface area (Å²) in [6, 6.07) is 5.36. The van der Waals surface area contributed by atoms with Crippen molar-refractivity contribution in [3.05, 3.63) is 28.2 Å². The van der Waals surface area contributed by atoms with Crippen LogP contribution in [-0.4, -0.2) is 22.0 Å². The lowest BCUT2D eigenvalue weighted by molar-refractivity contribution is 0.350. The predicted octanol–water partition coefficient (Wildman–Crippen LogP) is 2.88. The van der Waals surface area contributed by atoms with Crippen LogP contribution in [0.5, 0.6) is 0 Å². The van der Waals surface area contributed by atoms with Crippen molar-refractivity contribution in [1.29, 1.82) is 0 Å². The van der Waals surface area contributed by atoms with E-state index in [1.807, 2.05) is 27.0 Å². The molecule has 0 unspecified atom stereocenters. The molecule has 20 heavy (non-hydrogen) atoms. The first-order chi connectivity index (χ1) is 9.22. The SMILES string of the molecule is CCC(C)(C)CNS(=O)(=O)c1cc(CNC)ccc1Br. The molecule has 0 heterocycles. The van der Waals surface area contributed by atoms with Crippen molar-refractivity contribution in [3.63, 3.8) is 0 Å². The average molecular weight is 363 g/mol. The summed E-state index contributed by atoms with van der Waals surface area (Å²) in [7, 11) is -1.67. The average Bonchev–Trinajstić information content (AvgIpc) is 2.39. The number of sulfonamides is 1. The number of hydrogen-bond donors (Lipinski definition) is 2. The third-order valence-corrected chi connectivity index (χ3v) is 5.76. The van der Waals surface area contributed by atoms with Crippen LogP contribution in [0.1, 0.15) is 32.8 Å². The number of rotatable bonds is 7. The summed E-state index contributed by atoms with van der Waals surface area (Å²) in [5.41, 5.74) is 0.883. The Kier molecular flexibility index (Phi) is 6.19. The van der Waals surface area contributed by atoms with Crippen molar-refractivity contribution >= 4 is 26.0 Å². The van der Waals surface area contributed by atoms with Gasteiger partial charge < -0.3 is 5.32 Å². The van der Waals surface area contributed by atoms with Crippen LogP contribution in [0, 0.1) is 5.41 Å². The van der Waals surface area contributed by atoms with E-state index in [1.54, 1.807) is 12.1 Å². The minimum Gasteiger partial charge on any atom is -0.316 e. The van der Waals surface area contributed by atoms with Gasteiger partial charge in [0.05, 0.1) is 4.90 Å². The van der Waals surface area contributed by atoms with Gasteiger partial charge in [0.15, 0.2) is 0 Å². The zero-order valence-electron chi connectivity index (χ0n) is 12.5. The van der Waals surface area contributed by atoms with Gasteiger partial charge in [-0.05, 0) is 52.5 Å². The van der Waals surface area contributed by atoms with Gasteiger partial charge in [0, 0.05) is 17.6 Å². The highest BCUT2D eigenvalue weighted by Gasteiger charge is 2.22. The van der Waals surface area contributed by atoms with Gasteiger partial charge in [-0.1, -0.05) is 26.8 Å². The fourth-order valence-corrected chi connectivity index (χ4v) is 3.81. The Morgan fingerprint density at radius 2 is 1.95 bits per heavy atom. The highest BCUT2D eigenvalue weighted by atomic mass is 79.9. The molecular formula is C14H23BrN2O2S. The van der Waals surface area contributed by atoms with Crippen molar-refractivity contribution in [2.24, 2.45) is 5.41 Å². The molecular weight excluding hydrogens is 340 g/mol. The predicted molar refractivity (Wildman–Crippen MR) is 86.2 cm³/mol. The first-order valence-corrected chi connectivity index (χ1v) is 8.92. The van der Waals surface area contributed by atoms with E-state index in [-0.39, 0.29) is 10.3 Å². The molecule has 4 nitrogen and oxygen atoms in total. The smallest absolute Gasteiger partial charge is 0.241 e. The molecule has 114 valence electrons. The van der Waals surface area contributed by atoms with Gasteiger partial charge in [0.25, 0.3) is 0 Å². The number of nitrogens with one attached hydrogen (secondary N) is 2. The van der Waals surface area contributed by atoms with Gasteiger partial charge in [0.1, 0.15) is 0 Å². The zero-order chi connectivity index (χ0) is 15.4. The Balaban J connectivity index is 3.00. The van der Waals surface area contributed by atoms with Crippen molar-refractivity contribution in [3.8, 4) is 0 Å². The van der Waals surface area contributed by atoms with Crippen LogP contribution >= 0.6 is 15.9 Å². The van der Waals surface area contributed by atoms with E-state index in [1.165, 1.54) is 0 Å². The normalized spacial score (nSPS) is 12.7. The second-order valence-corrected chi connectivity index (χ2v) is 8.23. The monoisotopic (exact) mass is 362 g/mol. The van der Waals surface area contributed by atoms with E-state index in [4.69, 9.17) is 0 Å². The summed E-state index contributed by atoms with van der Waals surface area (Å²) in [6.07, 6.45) is 0.913. The quantitative estimate of drug-likeness (QED) is 0.783. The minimum absolute atomic E-state index is 0.0534.